The number of carboxylic acids is 1. The van der Waals surface area contributed by atoms with E-state index in [1.54, 1.807) is 0 Å². The molecule has 128 valence electrons. The zero-order valence-electron chi connectivity index (χ0n) is 12.9. The summed E-state index contributed by atoms with van der Waals surface area (Å²) in [6.07, 6.45) is 3.01. The van der Waals surface area contributed by atoms with Gasteiger partial charge in [-0.15, -0.1) is 12.4 Å². The Balaban J connectivity index is 0.00000264. The van der Waals surface area contributed by atoms with Gasteiger partial charge in [-0.05, 0) is 30.4 Å². The molecule has 1 amide bonds. The van der Waals surface area contributed by atoms with Crippen LogP contribution >= 0.6 is 12.4 Å². The first-order valence-electron chi connectivity index (χ1n) is 7.53. The van der Waals surface area contributed by atoms with Crippen molar-refractivity contribution in [3.63, 3.8) is 0 Å². The topological polar surface area (TPSA) is 89.9 Å². The molecule has 6 nitrogen and oxygen atoms in total. The lowest BCUT2D eigenvalue weighted by molar-refractivity contribution is -0.138. The van der Waals surface area contributed by atoms with Crippen molar-refractivity contribution in [3.05, 3.63) is 35.4 Å². The number of nitrogens with zero attached hydrogens (tertiary/aromatic N) is 1. The molecule has 23 heavy (non-hydrogen) atoms. The number of fused-ring (bicyclic) bond motifs is 1. The van der Waals surface area contributed by atoms with Crippen LogP contribution in [0.1, 0.15) is 30.0 Å². The smallest absolute Gasteiger partial charge is 0.322 e. The Morgan fingerprint density at radius 2 is 2.04 bits per heavy atom. The molecule has 1 atom stereocenters. The number of carbonyl (C=O) groups is 2. The van der Waals surface area contributed by atoms with E-state index < -0.39 is 5.97 Å². The summed E-state index contributed by atoms with van der Waals surface area (Å²) >= 11 is 0. The van der Waals surface area contributed by atoms with Crippen molar-refractivity contribution < 1.29 is 19.8 Å². The molecule has 2 rings (SSSR count). The van der Waals surface area contributed by atoms with Crippen LogP contribution in [0.15, 0.2) is 24.3 Å². The fraction of sp³-hybridized carbons (Fsp3) is 0.500. The van der Waals surface area contributed by atoms with E-state index in [0.29, 0.717) is 6.54 Å². The zero-order valence-corrected chi connectivity index (χ0v) is 13.7. The monoisotopic (exact) mass is 342 g/mol. The summed E-state index contributed by atoms with van der Waals surface area (Å²) in [6, 6.07) is 8.25. The Morgan fingerprint density at radius 3 is 2.74 bits per heavy atom. The highest BCUT2D eigenvalue weighted by Crippen LogP contribution is 2.33. The number of amides is 1. The van der Waals surface area contributed by atoms with Gasteiger partial charge in [0.05, 0.1) is 13.2 Å². The SMILES string of the molecule is Cl.O=C(O)CNC(=O)CN(CCO)C1CCCc2ccccc21. The van der Waals surface area contributed by atoms with Crippen molar-refractivity contribution in [1.29, 1.82) is 0 Å². The first kappa shape index (κ1) is 19.4. The lowest BCUT2D eigenvalue weighted by Gasteiger charge is -2.35. The molecule has 1 aliphatic rings. The third-order valence-corrected chi connectivity index (χ3v) is 3.95. The minimum absolute atomic E-state index is 0. The lowest BCUT2D eigenvalue weighted by atomic mass is 9.87. The van der Waals surface area contributed by atoms with E-state index in [2.05, 4.69) is 17.4 Å². The summed E-state index contributed by atoms with van der Waals surface area (Å²) in [5.74, 6) is -1.40. The van der Waals surface area contributed by atoms with Crippen LogP contribution in [0.5, 0.6) is 0 Å². The summed E-state index contributed by atoms with van der Waals surface area (Å²) in [5.41, 5.74) is 2.49. The largest absolute Gasteiger partial charge is 0.480 e. The highest BCUT2D eigenvalue weighted by molar-refractivity contribution is 5.85. The van der Waals surface area contributed by atoms with Gasteiger partial charge in [0.25, 0.3) is 0 Å². The third kappa shape index (κ3) is 5.49. The van der Waals surface area contributed by atoms with E-state index in [1.807, 2.05) is 17.0 Å². The Labute approximate surface area is 141 Å². The number of halogens is 1. The quantitative estimate of drug-likeness (QED) is 0.687. The number of benzene rings is 1. The normalized spacial score (nSPS) is 16.3. The van der Waals surface area contributed by atoms with Crippen molar-refractivity contribution in [3.8, 4) is 0 Å². The molecular weight excluding hydrogens is 320 g/mol. The number of aliphatic hydroxyl groups is 1. The van der Waals surface area contributed by atoms with Gasteiger partial charge in [-0.1, -0.05) is 24.3 Å². The first-order valence-corrected chi connectivity index (χ1v) is 7.53. The van der Waals surface area contributed by atoms with Crippen LogP contribution in [0, 0.1) is 0 Å². The van der Waals surface area contributed by atoms with Gasteiger partial charge in [-0.25, -0.2) is 0 Å². The summed E-state index contributed by atoms with van der Waals surface area (Å²) in [5, 5.41) is 20.3. The zero-order chi connectivity index (χ0) is 15.9. The number of nitrogens with one attached hydrogen (secondary N) is 1. The predicted molar refractivity (Wildman–Crippen MR) is 88.7 cm³/mol. The summed E-state index contributed by atoms with van der Waals surface area (Å²) in [6.45, 7) is 0.0598. The van der Waals surface area contributed by atoms with Crippen LogP contribution in [-0.2, 0) is 16.0 Å². The minimum atomic E-state index is -1.06. The maximum Gasteiger partial charge on any atom is 0.322 e. The molecule has 7 heteroatoms. The van der Waals surface area contributed by atoms with Crippen molar-refractivity contribution in [2.75, 3.05) is 26.2 Å². The molecule has 0 radical (unpaired) electrons. The molecule has 0 saturated carbocycles. The number of rotatable bonds is 7. The number of carbonyl (C=O) groups excluding carboxylic acids is 1. The van der Waals surface area contributed by atoms with Crippen molar-refractivity contribution in [2.45, 2.75) is 25.3 Å². The second kappa shape index (κ2) is 9.50. The number of aliphatic hydroxyl groups excluding tert-OH is 1. The average molecular weight is 343 g/mol. The van der Waals surface area contributed by atoms with Crippen LogP contribution < -0.4 is 5.32 Å². The standard InChI is InChI=1S/C16H22N2O4.ClH/c19-9-8-18(11-15(20)17-10-16(21)22)14-7-3-5-12-4-1-2-6-13(12)14;/h1-2,4,6,14,19H,3,5,7-11H2,(H,17,20)(H,21,22);1H. The first-order chi connectivity index (χ1) is 10.6. The third-order valence-electron chi connectivity index (χ3n) is 3.95. The van der Waals surface area contributed by atoms with Crippen LogP contribution in [0.3, 0.4) is 0 Å². The Kier molecular flexibility index (Phi) is 8.02. The van der Waals surface area contributed by atoms with E-state index in [-0.39, 0.29) is 44.1 Å². The number of carboxylic acid groups (broad SMARTS) is 1. The molecule has 1 aliphatic carbocycles. The minimum Gasteiger partial charge on any atom is -0.480 e. The van der Waals surface area contributed by atoms with Gasteiger partial charge in [-0.3, -0.25) is 14.5 Å². The molecule has 0 fully saturated rings. The van der Waals surface area contributed by atoms with Crippen molar-refractivity contribution >= 4 is 24.3 Å². The van der Waals surface area contributed by atoms with Gasteiger partial charge in [-0.2, -0.15) is 0 Å². The molecule has 0 aromatic heterocycles. The maximum absolute atomic E-state index is 11.9. The van der Waals surface area contributed by atoms with Crippen LogP contribution in [0.2, 0.25) is 0 Å². The fourth-order valence-electron chi connectivity index (χ4n) is 3.00. The van der Waals surface area contributed by atoms with Gasteiger partial charge in [0.2, 0.25) is 5.91 Å². The van der Waals surface area contributed by atoms with E-state index in [9.17, 15) is 14.7 Å². The van der Waals surface area contributed by atoms with E-state index in [1.165, 1.54) is 11.1 Å². The summed E-state index contributed by atoms with van der Waals surface area (Å²) in [4.78, 5) is 24.3. The molecule has 1 unspecified atom stereocenters. The van der Waals surface area contributed by atoms with Gasteiger partial charge in [0, 0.05) is 12.6 Å². The number of hydrogen-bond donors (Lipinski definition) is 3. The van der Waals surface area contributed by atoms with Crippen molar-refractivity contribution in [2.24, 2.45) is 0 Å². The fourth-order valence-corrected chi connectivity index (χ4v) is 3.00. The summed E-state index contributed by atoms with van der Waals surface area (Å²) in [7, 11) is 0. The second-order valence-electron chi connectivity index (χ2n) is 5.47. The molecule has 0 saturated heterocycles. The second-order valence-corrected chi connectivity index (χ2v) is 5.47. The van der Waals surface area contributed by atoms with E-state index >= 15 is 0 Å². The van der Waals surface area contributed by atoms with Crippen LogP contribution in [-0.4, -0.2) is 53.2 Å². The van der Waals surface area contributed by atoms with E-state index in [0.717, 1.165) is 19.3 Å². The van der Waals surface area contributed by atoms with Gasteiger partial charge in [0.15, 0.2) is 0 Å². The van der Waals surface area contributed by atoms with Gasteiger partial charge in [0.1, 0.15) is 6.54 Å². The predicted octanol–water partition coefficient (Wildman–Crippen LogP) is 0.981. The van der Waals surface area contributed by atoms with Gasteiger partial charge >= 0.3 is 5.97 Å². The number of aryl methyl sites for hydroxylation is 1. The molecule has 0 aliphatic heterocycles. The molecule has 0 bridgehead atoms. The van der Waals surface area contributed by atoms with Crippen LogP contribution in [0.25, 0.3) is 0 Å². The highest BCUT2D eigenvalue weighted by atomic mass is 35.5. The molecule has 0 heterocycles. The summed E-state index contributed by atoms with van der Waals surface area (Å²) < 4.78 is 0. The molecule has 0 spiro atoms. The molecular formula is C16H23ClN2O4. The number of hydrogen-bond acceptors (Lipinski definition) is 4. The Morgan fingerprint density at radius 1 is 1.30 bits per heavy atom. The lowest BCUT2D eigenvalue weighted by Crippen LogP contribution is -2.42. The highest BCUT2D eigenvalue weighted by Gasteiger charge is 2.26. The Hall–Kier alpha value is -1.63. The van der Waals surface area contributed by atoms with Crippen molar-refractivity contribution in [1.82, 2.24) is 10.2 Å². The molecule has 1 aromatic rings. The van der Waals surface area contributed by atoms with E-state index in [4.69, 9.17) is 5.11 Å². The molecule has 3 N–H and O–H groups in total. The average Bonchev–Trinajstić information content (AvgIpc) is 2.52. The van der Waals surface area contributed by atoms with Gasteiger partial charge < -0.3 is 15.5 Å². The maximum atomic E-state index is 11.9. The number of aliphatic carboxylic acids is 1. The Bertz CT molecular complexity index is 539. The molecule has 1 aromatic carbocycles. The van der Waals surface area contributed by atoms with Crippen LogP contribution in [0.4, 0.5) is 0 Å².